The van der Waals surface area contributed by atoms with Gasteiger partial charge in [0.2, 0.25) is 0 Å². The standard InChI is InChI=1S/C17H27NO3/c1-6-8-10-15(7-2)11-13-18(12-9-14-19)16(20)21-17(3,4)5/h6-8,10,14H,2,9,11-13H2,1,3-5H3/b8-6-,15-10+. The Morgan fingerprint density at radius 2 is 1.95 bits per heavy atom. The Hall–Kier alpha value is -1.84. The third kappa shape index (κ3) is 9.66. The molecule has 0 aromatic heterocycles. The molecule has 4 heteroatoms. The van der Waals surface area contributed by atoms with Gasteiger partial charge in [-0.25, -0.2) is 4.79 Å². The summed E-state index contributed by atoms with van der Waals surface area (Å²) >= 11 is 0. The van der Waals surface area contributed by atoms with Crippen molar-refractivity contribution in [1.29, 1.82) is 0 Å². The van der Waals surface area contributed by atoms with E-state index in [-0.39, 0.29) is 0 Å². The minimum atomic E-state index is -0.543. The van der Waals surface area contributed by atoms with Gasteiger partial charge in [0.05, 0.1) is 0 Å². The van der Waals surface area contributed by atoms with Gasteiger partial charge in [-0.15, -0.1) is 0 Å². The normalized spacial score (nSPS) is 12.3. The van der Waals surface area contributed by atoms with E-state index in [2.05, 4.69) is 6.58 Å². The third-order valence-electron chi connectivity index (χ3n) is 2.60. The van der Waals surface area contributed by atoms with Crippen LogP contribution < -0.4 is 0 Å². The van der Waals surface area contributed by atoms with Gasteiger partial charge in [0.15, 0.2) is 0 Å². The van der Waals surface area contributed by atoms with Crippen molar-refractivity contribution in [2.45, 2.75) is 46.1 Å². The largest absolute Gasteiger partial charge is 0.444 e. The molecule has 0 radical (unpaired) electrons. The Kier molecular flexibility index (Phi) is 9.10. The maximum Gasteiger partial charge on any atom is 0.410 e. The van der Waals surface area contributed by atoms with Crippen LogP contribution in [0.25, 0.3) is 0 Å². The highest BCUT2D eigenvalue weighted by molar-refractivity contribution is 5.68. The summed E-state index contributed by atoms with van der Waals surface area (Å²) in [5, 5.41) is 0. The van der Waals surface area contributed by atoms with Crippen molar-refractivity contribution in [3.8, 4) is 0 Å². The summed E-state index contributed by atoms with van der Waals surface area (Å²) in [6.07, 6.45) is 8.99. The molecule has 0 heterocycles. The fourth-order valence-corrected chi connectivity index (χ4v) is 1.57. The third-order valence-corrected chi connectivity index (χ3v) is 2.60. The SMILES string of the molecule is C=C/C(=C\C=C/C)CCN(CCC=O)C(=O)OC(C)(C)C. The van der Waals surface area contributed by atoms with Crippen molar-refractivity contribution in [1.82, 2.24) is 4.90 Å². The molecule has 0 rings (SSSR count). The maximum atomic E-state index is 12.1. The molecule has 0 unspecified atom stereocenters. The summed E-state index contributed by atoms with van der Waals surface area (Å²) < 4.78 is 5.36. The molecule has 0 atom stereocenters. The molecule has 0 aliphatic rings. The Balaban J connectivity index is 4.72. The van der Waals surface area contributed by atoms with E-state index in [4.69, 9.17) is 4.74 Å². The van der Waals surface area contributed by atoms with E-state index in [0.29, 0.717) is 25.9 Å². The molecular weight excluding hydrogens is 266 g/mol. The second kappa shape index (κ2) is 9.97. The van der Waals surface area contributed by atoms with E-state index in [1.54, 1.807) is 11.0 Å². The van der Waals surface area contributed by atoms with Gasteiger partial charge in [-0.2, -0.15) is 0 Å². The molecule has 0 spiro atoms. The highest BCUT2D eigenvalue weighted by Crippen LogP contribution is 2.12. The lowest BCUT2D eigenvalue weighted by molar-refractivity contribution is -0.108. The summed E-state index contributed by atoms with van der Waals surface area (Å²) in [6.45, 7) is 12.0. The van der Waals surface area contributed by atoms with Crippen LogP contribution >= 0.6 is 0 Å². The highest BCUT2D eigenvalue weighted by atomic mass is 16.6. The summed E-state index contributed by atoms with van der Waals surface area (Å²) in [5.74, 6) is 0. The van der Waals surface area contributed by atoms with Gasteiger partial charge < -0.3 is 14.4 Å². The molecule has 118 valence electrons. The Morgan fingerprint density at radius 3 is 2.43 bits per heavy atom. The fraction of sp³-hybridized carbons (Fsp3) is 0.529. The molecule has 0 N–H and O–H groups in total. The number of amides is 1. The van der Waals surface area contributed by atoms with E-state index in [0.717, 1.165) is 11.9 Å². The van der Waals surface area contributed by atoms with Crippen molar-refractivity contribution >= 4 is 12.4 Å². The van der Waals surface area contributed by atoms with Gasteiger partial charge in [-0.05, 0) is 39.7 Å². The molecule has 0 aliphatic heterocycles. The molecular formula is C17H27NO3. The first kappa shape index (κ1) is 19.2. The van der Waals surface area contributed by atoms with Crippen LogP contribution in [0.2, 0.25) is 0 Å². The van der Waals surface area contributed by atoms with Crippen molar-refractivity contribution in [3.05, 3.63) is 36.5 Å². The van der Waals surface area contributed by atoms with Gasteiger partial charge in [0, 0.05) is 19.5 Å². The summed E-state index contributed by atoms with van der Waals surface area (Å²) in [7, 11) is 0. The van der Waals surface area contributed by atoms with Crippen LogP contribution in [-0.2, 0) is 9.53 Å². The van der Waals surface area contributed by atoms with Gasteiger partial charge >= 0.3 is 6.09 Å². The van der Waals surface area contributed by atoms with Crippen LogP contribution in [0.3, 0.4) is 0 Å². The minimum absolute atomic E-state index is 0.307. The number of hydrogen-bond acceptors (Lipinski definition) is 3. The van der Waals surface area contributed by atoms with E-state index in [9.17, 15) is 9.59 Å². The molecule has 0 aliphatic carbocycles. The zero-order chi connectivity index (χ0) is 16.3. The van der Waals surface area contributed by atoms with Crippen molar-refractivity contribution < 1.29 is 14.3 Å². The number of carbonyl (C=O) groups is 2. The fourth-order valence-electron chi connectivity index (χ4n) is 1.57. The number of hydrogen-bond donors (Lipinski definition) is 0. The molecule has 0 aromatic carbocycles. The van der Waals surface area contributed by atoms with Gasteiger partial charge in [0.1, 0.15) is 11.9 Å². The number of ether oxygens (including phenoxy) is 1. The highest BCUT2D eigenvalue weighted by Gasteiger charge is 2.21. The van der Waals surface area contributed by atoms with Crippen LogP contribution in [0.1, 0.15) is 40.5 Å². The van der Waals surface area contributed by atoms with Crippen LogP contribution in [0.15, 0.2) is 36.5 Å². The number of rotatable bonds is 8. The maximum absolute atomic E-state index is 12.1. The average Bonchev–Trinajstić information content (AvgIpc) is 2.40. The summed E-state index contributed by atoms with van der Waals surface area (Å²) in [5.41, 5.74) is 0.492. The van der Waals surface area contributed by atoms with Crippen LogP contribution in [0.4, 0.5) is 4.79 Å². The smallest absolute Gasteiger partial charge is 0.410 e. The van der Waals surface area contributed by atoms with Crippen molar-refractivity contribution in [3.63, 3.8) is 0 Å². The summed E-state index contributed by atoms with van der Waals surface area (Å²) in [4.78, 5) is 24.2. The molecule has 0 fully saturated rings. The molecule has 0 saturated heterocycles. The zero-order valence-corrected chi connectivity index (χ0v) is 13.6. The Labute approximate surface area is 128 Å². The van der Waals surface area contributed by atoms with Crippen molar-refractivity contribution in [2.75, 3.05) is 13.1 Å². The van der Waals surface area contributed by atoms with Crippen LogP contribution in [0.5, 0.6) is 0 Å². The molecule has 0 bridgehead atoms. The molecule has 21 heavy (non-hydrogen) atoms. The molecule has 0 saturated carbocycles. The van der Waals surface area contributed by atoms with Crippen LogP contribution in [0, 0.1) is 0 Å². The lowest BCUT2D eigenvalue weighted by Gasteiger charge is -2.27. The first-order chi connectivity index (χ1) is 9.84. The Morgan fingerprint density at radius 1 is 1.29 bits per heavy atom. The van der Waals surface area contributed by atoms with Gasteiger partial charge in [-0.3, -0.25) is 0 Å². The lowest BCUT2D eigenvalue weighted by Crippen LogP contribution is -2.38. The average molecular weight is 293 g/mol. The Bertz CT molecular complexity index is 403. The zero-order valence-electron chi connectivity index (χ0n) is 13.6. The second-order valence-electron chi connectivity index (χ2n) is 5.64. The molecule has 4 nitrogen and oxygen atoms in total. The molecule has 0 aromatic rings. The summed E-state index contributed by atoms with van der Waals surface area (Å²) in [6, 6.07) is 0. The minimum Gasteiger partial charge on any atom is -0.444 e. The number of allylic oxidation sites excluding steroid dienone is 4. The number of aldehydes is 1. The monoisotopic (exact) mass is 293 g/mol. The number of nitrogens with zero attached hydrogens (tertiary/aromatic N) is 1. The lowest BCUT2D eigenvalue weighted by atomic mass is 10.1. The van der Waals surface area contributed by atoms with E-state index >= 15 is 0 Å². The van der Waals surface area contributed by atoms with Gasteiger partial charge in [-0.1, -0.05) is 30.9 Å². The van der Waals surface area contributed by atoms with E-state index in [1.807, 2.05) is 45.9 Å². The first-order valence-corrected chi connectivity index (χ1v) is 7.20. The number of carbonyl (C=O) groups excluding carboxylic acids is 2. The quantitative estimate of drug-likeness (QED) is 0.504. The topological polar surface area (TPSA) is 46.6 Å². The van der Waals surface area contributed by atoms with Crippen LogP contribution in [-0.4, -0.2) is 36.0 Å². The van der Waals surface area contributed by atoms with Gasteiger partial charge in [0.25, 0.3) is 0 Å². The van der Waals surface area contributed by atoms with E-state index < -0.39 is 11.7 Å². The predicted octanol–water partition coefficient (Wildman–Crippen LogP) is 3.89. The first-order valence-electron chi connectivity index (χ1n) is 7.20. The van der Waals surface area contributed by atoms with E-state index in [1.165, 1.54) is 0 Å². The second-order valence-corrected chi connectivity index (χ2v) is 5.64. The predicted molar refractivity (Wildman–Crippen MR) is 86.2 cm³/mol. The molecule has 1 amide bonds. The van der Waals surface area contributed by atoms with Crippen molar-refractivity contribution in [2.24, 2.45) is 0 Å².